The lowest BCUT2D eigenvalue weighted by Crippen LogP contribution is -2.31. The van der Waals surface area contributed by atoms with E-state index >= 15 is 0 Å². The molecule has 7 heteroatoms. The maximum Gasteiger partial charge on any atom is 0.266 e. The molecule has 2 aromatic carbocycles. The lowest BCUT2D eigenvalue weighted by Gasteiger charge is -2.29. The van der Waals surface area contributed by atoms with Crippen molar-refractivity contribution in [1.29, 1.82) is 0 Å². The Kier molecular flexibility index (Phi) is 5.93. The summed E-state index contributed by atoms with van der Waals surface area (Å²) in [5.41, 5.74) is 5.60. The van der Waals surface area contributed by atoms with Gasteiger partial charge >= 0.3 is 0 Å². The second kappa shape index (κ2) is 8.79. The van der Waals surface area contributed by atoms with Crippen LogP contribution >= 0.6 is 0 Å². The fourth-order valence-corrected chi connectivity index (χ4v) is 4.05. The third-order valence-corrected chi connectivity index (χ3v) is 5.84. The molecule has 31 heavy (non-hydrogen) atoms. The third-order valence-electron chi connectivity index (χ3n) is 5.84. The fraction of sp³-hybridized carbons (Fsp3) is 0.333. The standard InChI is InChI=1S/C24H26FN5O/c1-4-19-20(6-5-7-22(19)25)23(31)14-17-8-10-18(11-9-17)21-15-30(13-12-16(21)2)24-26-28-29(3)27-24/h5-11H,4,12-15H2,1-3H3. The average Bonchev–Trinajstić information content (AvgIpc) is 3.21. The molecule has 0 spiro atoms. The molecule has 3 aromatic rings. The summed E-state index contributed by atoms with van der Waals surface area (Å²) in [5.74, 6) is 0.263. The van der Waals surface area contributed by atoms with Crippen LogP contribution in [0.4, 0.5) is 10.3 Å². The van der Waals surface area contributed by atoms with E-state index in [1.807, 2.05) is 19.1 Å². The van der Waals surface area contributed by atoms with Crippen LogP contribution in [0.3, 0.4) is 0 Å². The van der Waals surface area contributed by atoms with Crippen molar-refractivity contribution in [3.63, 3.8) is 0 Å². The first kappa shape index (κ1) is 20.9. The van der Waals surface area contributed by atoms with Crippen LogP contribution in [0.5, 0.6) is 0 Å². The molecule has 1 aliphatic rings. The number of anilines is 1. The third kappa shape index (κ3) is 4.40. The van der Waals surface area contributed by atoms with Crippen molar-refractivity contribution >= 4 is 17.3 Å². The van der Waals surface area contributed by atoms with E-state index in [0.717, 1.165) is 30.6 Å². The summed E-state index contributed by atoms with van der Waals surface area (Å²) in [5, 5.41) is 12.4. The van der Waals surface area contributed by atoms with E-state index in [-0.39, 0.29) is 18.0 Å². The summed E-state index contributed by atoms with van der Waals surface area (Å²) in [7, 11) is 1.76. The predicted octanol–water partition coefficient (Wildman–Crippen LogP) is 4.02. The Morgan fingerprint density at radius 2 is 1.94 bits per heavy atom. The number of nitrogens with zero attached hydrogens (tertiary/aromatic N) is 5. The summed E-state index contributed by atoms with van der Waals surface area (Å²) in [6.45, 7) is 5.61. The zero-order valence-corrected chi connectivity index (χ0v) is 18.1. The summed E-state index contributed by atoms with van der Waals surface area (Å²) in [6, 6.07) is 12.8. The summed E-state index contributed by atoms with van der Waals surface area (Å²) >= 11 is 0. The van der Waals surface area contributed by atoms with Crippen molar-refractivity contribution < 1.29 is 9.18 Å². The van der Waals surface area contributed by atoms with E-state index in [1.54, 1.807) is 19.2 Å². The van der Waals surface area contributed by atoms with Crippen LogP contribution in [-0.2, 0) is 19.9 Å². The van der Waals surface area contributed by atoms with Crippen LogP contribution in [0.1, 0.15) is 47.3 Å². The van der Waals surface area contributed by atoms with Gasteiger partial charge in [0.1, 0.15) is 5.82 Å². The Labute approximate surface area is 181 Å². The van der Waals surface area contributed by atoms with Crippen LogP contribution in [0.2, 0.25) is 0 Å². The zero-order chi connectivity index (χ0) is 22.0. The van der Waals surface area contributed by atoms with Gasteiger partial charge in [-0.25, -0.2) is 4.39 Å². The Hall–Kier alpha value is -3.35. The summed E-state index contributed by atoms with van der Waals surface area (Å²) in [6.07, 6.45) is 1.69. The molecule has 1 aliphatic heterocycles. The number of Topliss-reactive ketones (excluding diaryl/α,β-unsaturated/α-hetero) is 1. The number of tetrazole rings is 1. The molecule has 0 saturated carbocycles. The van der Waals surface area contributed by atoms with E-state index in [2.05, 4.69) is 39.4 Å². The predicted molar refractivity (Wildman–Crippen MR) is 118 cm³/mol. The first-order chi connectivity index (χ1) is 15.0. The second-order valence-electron chi connectivity index (χ2n) is 7.93. The smallest absolute Gasteiger partial charge is 0.266 e. The van der Waals surface area contributed by atoms with Gasteiger partial charge in [0.15, 0.2) is 5.78 Å². The van der Waals surface area contributed by atoms with Crippen molar-refractivity contribution in [3.8, 4) is 0 Å². The van der Waals surface area contributed by atoms with Gasteiger partial charge in [0.25, 0.3) is 5.95 Å². The van der Waals surface area contributed by atoms with Gasteiger partial charge < -0.3 is 4.90 Å². The minimum Gasteiger partial charge on any atom is -0.334 e. The molecule has 0 saturated heterocycles. The summed E-state index contributed by atoms with van der Waals surface area (Å²) in [4.78, 5) is 16.4. The first-order valence-corrected chi connectivity index (χ1v) is 10.5. The number of hydrogen-bond acceptors (Lipinski definition) is 5. The van der Waals surface area contributed by atoms with Gasteiger partial charge in [-0.1, -0.05) is 54.0 Å². The molecule has 0 N–H and O–H groups in total. The van der Waals surface area contributed by atoms with Crippen molar-refractivity contribution in [2.24, 2.45) is 7.05 Å². The number of benzene rings is 2. The van der Waals surface area contributed by atoms with Gasteiger partial charge in [0, 0.05) is 25.1 Å². The maximum absolute atomic E-state index is 14.0. The topological polar surface area (TPSA) is 63.9 Å². The van der Waals surface area contributed by atoms with E-state index in [9.17, 15) is 9.18 Å². The molecule has 1 aromatic heterocycles. The Morgan fingerprint density at radius 1 is 1.16 bits per heavy atom. The van der Waals surface area contributed by atoms with Crippen LogP contribution in [0, 0.1) is 5.82 Å². The quantitative estimate of drug-likeness (QED) is 0.565. The lowest BCUT2D eigenvalue weighted by atomic mass is 9.93. The Bertz CT molecular complexity index is 1130. The fourth-order valence-electron chi connectivity index (χ4n) is 4.05. The van der Waals surface area contributed by atoms with Gasteiger partial charge in [-0.15, -0.1) is 5.10 Å². The van der Waals surface area contributed by atoms with Crippen LogP contribution in [-0.4, -0.2) is 39.1 Å². The molecule has 0 unspecified atom stereocenters. The number of carbonyl (C=O) groups is 1. The normalized spacial score (nSPS) is 14.3. The molecule has 0 bridgehead atoms. The highest BCUT2D eigenvalue weighted by atomic mass is 19.1. The number of halogens is 1. The molecule has 160 valence electrons. The highest BCUT2D eigenvalue weighted by molar-refractivity contribution is 5.99. The van der Waals surface area contributed by atoms with Crippen molar-refractivity contribution in [2.75, 3.05) is 18.0 Å². The van der Waals surface area contributed by atoms with Gasteiger partial charge in [-0.2, -0.15) is 4.80 Å². The number of hydrogen-bond donors (Lipinski definition) is 0. The summed E-state index contributed by atoms with van der Waals surface area (Å²) < 4.78 is 14.0. The van der Waals surface area contributed by atoms with Gasteiger partial charge in [0.05, 0.1) is 7.05 Å². The Morgan fingerprint density at radius 3 is 2.61 bits per heavy atom. The van der Waals surface area contributed by atoms with E-state index in [4.69, 9.17) is 0 Å². The molecule has 0 amide bonds. The number of rotatable bonds is 6. The van der Waals surface area contributed by atoms with Gasteiger partial charge in [-0.05, 0) is 53.3 Å². The van der Waals surface area contributed by atoms with Gasteiger partial charge in [-0.3, -0.25) is 4.79 Å². The molecule has 0 fully saturated rings. The molecule has 0 atom stereocenters. The Balaban J connectivity index is 1.50. The molecule has 0 radical (unpaired) electrons. The highest BCUT2D eigenvalue weighted by Gasteiger charge is 2.21. The average molecular weight is 420 g/mol. The van der Waals surface area contributed by atoms with Crippen LogP contribution in [0.15, 0.2) is 48.0 Å². The van der Waals surface area contributed by atoms with Crippen LogP contribution < -0.4 is 4.90 Å². The molecule has 4 rings (SSSR count). The maximum atomic E-state index is 14.0. The zero-order valence-electron chi connectivity index (χ0n) is 18.1. The van der Waals surface area contributed by atoms with E-state index < -0.39 is 0 Å². The first-order valence-electron chi connectivity index (χ1n) is 10.5. The molecule has 0 aliphatic carbocycles. The molecule has 2 heterocycles. The second-order valence-corrected chi connectivity index (χ2v) is 7.93. The monoisotopic (exact) mass is 419 g/mol. The largest absolute Gasteiger partial charge is 0.334 e. The van der Waals surface area contributed by atoms with Crippen molar-refractivity contribution in [3.05, 3.63) is 76.1 Å². The van der Waals surface area contributed by atoms with E-state index in [1.165, 1.54) is 22.0 Å². The number of carbonyl (C=O) groups excluding carboxylic acids is 1. The molecular formula is C24H26FN5O. The van der Waals surface area contributed by atoms with Crippen molar-refractivity contribution in [2.45, 2.75) is 33.1 Å². The SMILES string of the molecule is CCc1c(F)cccc1C(=O)Cc1ccc(C2=C(C)CCN(c3nnn(C)n3)C2)cc1. The lowest BCUT2D eigenvalue weighted by molar-refractivity contribution is 0.0991. The van der Waals surface area contributed by atoms with Crippen LogP contribution in [0.25, 0.3) is 5.57 Å². The van der Waals surface area contributed by atoms with Gasteiger partial charge in [0.2, 0.25) is 0 Å². The number of aryl methyl sites for hydroxylation is 1. The highest BCUT2D eigenvalue weighted by Crippen LogP contribution is 2.28. The molecular weight excluding hydrogens is 393 g/mol. The van der Waals surface area contributed by atoms with E-state index in [0.29, 0.717) is 23.5 Å². The number of aromatic nitrogens is 4. The van der Waals surface area contributed by atoms with Crippen molar-refractivity contribution in [1.82, 2.24) is 20.2 Å². The minimum atomic E-state index is -0.314. The number of ketones is 1. The molecule has 6 nitrogen and oxygen atoms in total. The minimum absolute atomic E-state index is 0.0583.